The van der Waals surface area contributed by atoms with Crippen molar-refractivity contribution in [3.63, 3.8) is 0 Å². The van der Waals surface area contributed by atoms with Crippen molar-refractivity contribution in [2.75, 3.05) is 6.61 Å². The fourth-order valence-electron chi connectivity index (χ4n) is 6.35. The SMILES string of the molecule is O=C(OCC[n+]1ccccc1)c1ccc2ccccc2c1.c1ccc([B-](c2ccccc2)(c2ccccc2)c2ccccc2)cc1. The maximum atomic E-state index is 12.0. The molecule has 0 aliphatic heterocycles. The van der Waals surface area contributed by atoms with Gasteiger partial charge in [0.15, 0.2) is 25.5 Å². The molecule has 1 heterocycles. The predicted octanol–water partition coefficient (Wildman–Crippen LogP) is 6.05. The zero-order valence-electron chi connectivity index (χ0n) is 25.7. The molecule has 0 fully saturated rings. The first-order chi connectivity index (χ1) is 22.7. The van der Waals surface area contributed by atoms with Gasteiger partial charge in [-0.25, -0.2) is 9.36 Å². The number of esters is 1. The van der Waals surface area contributed by atoms with Crippen LogP contribution < -0.4 is 26.4 Å². The van der Waals surface area contributed by atoms with Gasteiger partial charge in [-0.1, -0.05) is 158 Å². The normalized spacial score (nSPS) is 10.9. The Balaban J connectivity index is 0.000000164. The Kier molecular flexibility index (Phi) is 9.77. The molecule has 0 saturated heterocycles. The van der Waals surface area contributed by atoms with Gasteiger partial charge in [-0.05, 0) is 22.9 Å². The van der Waals surface area contributed by atoms with E-state index in [-0.39, 0.29) is 5.97 Å². The van der Waals surface area contributed by atoms with Gasteiger partial charge in [0, 0.05) is 12.1 Å². The Morgan fingerprint density at radius 2 is 0.891 bits per heavy atom. The number of rotatable bonds is 8. The largest absolute Gasteiger partial charge is 0.455 e. The minimum atomic E-state index is -1.22. The summed E-state index contributed by atoms with van der Waals surface area (Å²) in [5.74, 6) is -0.280. The second-order valence-corrected chi connectivity index (χ2v) is 11.3. The number of aromatic nitrogens is 1. The lowest BCUT2D eigenvalue weighted by atomic mass is 9.13. The molecular weight excluding hydrogens is 561 g/mol. The fraction of sp³-hybridized carbons (Fsp3) is 0.0476. The fourth-order valence-corrected chi connectivity index (χ4v) is 6.35. The van der Waals surface area contributed by atoms with Gasteiger partial charge in [-0.3, -0.25) is 0 Å². The first-order valence-electron chi connectivity index (χ1n) is 15.7. The molecule has 0 saturated carbocycles. The lowest BCUT2D eigenvalue weighted by molar-refractivity contribution is -0.697. The van der Waals surface area contributed by atoms with Crippen molar-refractivity contribution in [3.05, 3.63) is 200 Å². The average molecular weight is 598 g/mol. The standard InChI is InChI=1S/C24H20B.C18H16NO2/c1-5-13-21(14-6-1)25(22-15-7-2-8-16-22,23-17-9-3-10-18-23)24-19-11-4-12-20-24;20-18(21-13-12-19-10-4-1-5-11-19)17-9-8-15-6-2-3-7-16(15)14-17/h1-20H;1-11,14H,12-13H2/q-1;+1. The first-order valence-corrected chi connectivity index (χ1v) is 15.7. The predicted molar refractivity (Wildman–Crippen MR) is 191 cm³/mol. The Morgan fingerprint density at radius 1 is 0.478 bits per heavy atom. The highest BCUT2D eigenvalue weighted by Gasteiger charge is 2.31. The molecule has 0 spiro atoms. The van der Waals surface area contributed by atoms with Crippen LogP contribution in [-0.4, -0.2) is 18.7 Å². The van der Waals surface area contributed by atoms with Gasteiger partial charge in [0.2, 0.25) is 0 Å². The number of carbonyl (C=O) groups excluding carboxylic acids is 1. The zero-order chi connectivity index (χ0) is 31.4. The van der Waals surface area contributed by atoms with Crippen molar-refractivity contribution >= 4 is 44.7 Å². The lowest BCUT2D eigenvalue weighted by Crippen LogP contribution is -2.74. The molecule has 0 aliphatic rings. The highest BCUT2D eigenvalue weighted by molar-refractivity contribution is 7.19. The summed E-state index contributed by atoms with van der Waals surface area (Å²) in [5.41, 5.74) is 5.95. The van der Waals surface area contributed by atoms with E-state index in [9.17, 15) is 4.79 Å². The van der Waals surface area contributed by atoms with E-state index in [0.717, 1.165) is 10.8 Å². The minimum Gasteiger partial charge on any atom is -0.455 e. The number of benzene rings is 6. The molecule has 6 aromatic carbocycles. The number of hydrogen-bond acceptors (Lipinski definition) is 2. The molecule has 46 heavy (non-hydrogen) atoms. The van der Waals surface area contributed by atoms with Crippen LogP contribution in [0.4, 0.5) is 0 Å². The van der Waals surface area contributed by atoms with Crippen LogP contribution >= 0.6 is 0 Å². The molecule has 7 aromatic rings. The summed E-state index contributed by atoms with van der Waals surface area (Å²) < 4.78 is 7.30. The minimum absolute atomic E-state index is 0.280. The number of ether oxygens (including phenoxy) is 1. The third-order valence-corrected chi connectivity index (χ3v) is 8.54. The molecule has 7 rings (SSSR count). The van der Waals surface area contributed by atoms with E-state index in [2.05, 4.69) is 121 Å². The van der Waals surface area contributed by atoms with Gasteiger partial charge in [-0.15, -0.1) is 0 Å². The summed E-state index contributed by atoms with van der Waals surface area (Å²) >= 11 is 0. The molecular formula is C42H36BNO2. The van der Waals surface area contributed by atoms with Crippen molar-refractivity contribution in [3.8, 4) is 0 Å². The number of nitrogens with zero attached hydrogens (tertiary/aromatic N) is 1. The molecule has 0 amide bonds. The topological polar surface area (TPSA) is 30.2 Å². The summed E-state index contributed by atoms with van der Waals surface area (Å²) in [6.07, 6.45) is 2.68. The van der Waals surface area contributed by atoms with Crippen LogP contribution in [-0.2, 0) is 11.3 Å². The summed E-state index contributed by atoms with van der Waals surface area (Å²) in [6.45, 7) is 1.01. The van der Waals surface area contributed by atoms with Gasteiger partial charge in [0.05, 0.1) is 5.56 Å². The van der Waals surface area contributed by atoms with Crippen LogP contribution in [0.5, 0.6) is 0 Å². The van der Waals surface area contributed by atoms with E-state index in [0.29, 0.717) is 18.7 Å². The maximum absolute atomic E-state index is 12.0. The highest BCUT2D eigenvalue weighted by Crippen LogP contribution is 2.16. The number of hydrogen-bond donors (Lipinski definition) is 0. The van der Waals surface area contributed by atoms with Crippen molar-refractivity contribution in [1.29, 1.82) is 0 Å². The van der Waals surface area contributed by atoms with Crippen LogP contribution in [0.3, 0.4) is 0 Å². The molecule has 0 N–H and O–H groups in total. The monoisotopic (exact) mass is 597 g/mol. The summed E-state index contributed by atoms with van der Waals surface area (Å²) in [7, 11) is 0. The molecule has 0 unspecified atom stereocenters. The van der Waals surface area contributed by atoms with Crippen LogP contribution in [0.15, 0.2) is 194 Å². The zero-order valence-corrected chi connectivity index (χ0v) is 25.7. The quantitative estimate of drug-likeness (QED) is 0.121. The highest BCUT2D eigenvalue weighted by atomic mass is 16.5. The van der Waals surface area contributed by atoms with Crippen LogP contribution in [0.1, 0.15) is 10.4 Å². The third kappa shape index (κ3) is 6.82. The van der Waals surface area contributed by atoms with Gasteiger partial charge >= 0.3 is 5.97 Å². The number of pyridine rings is 1. The van der Waals surface area contributed by atoms with Crippen molar-refractivity contribution < 1.29 is 14.1 Å². The van der Waals surface area contributed by atoms with Crippen molar-refractivity contribution in [1.82, 2.24) is 0 Å². The average Bonchev–Trinajstić information content (AvgIpc) is 3.14. The summed E-state index contributed by atoms with van der Waals surface area (Å²) in [6, 6.07) is 63.0. The molecule has 0 bridgehead atoms. The van der Waals surface area contributed by atoms with E-state index in [4.69, 9.17) is 4.74 Å². The molecule has 4 heteroatoms. The van der Waals surface area contributed by atoms with Gasteiger partial charge in [0.1, 0.15) is 6.15 Å². The van der Waals surface area contributed by atoms with E-state index < -0.39 is 6.15 Å². The summed E-state index contributed by atoms with van der Waals surface area (Å²) in [4.78, 5) is 12.0. The van der Waals surface area contributed by atoms with Crippen LogP contribution in [0.25, 0.3) is 10.8 Å². The molecule has 0 radical (unpaired) electrons. The van der Waals surface area contributed by atoms with Gasteiger partial charge in [0.25, 0.3) is 0 Å². The smallest absolute Gasteiger partial charge is 0.338 e. The van der Waals surface area contributed by atoms with Crippen molar-refractivity contribution in [2.24, 2.45) is 0 Å². The second kappa shape index (κ2) is 14.8. The Hall–Kier alpha value is -5.74. The molecule has 1 aromatic heterocycles. The Labute approximate surface area is 271 Å². The van der Waals surface area contributed by atoms with Crippen molar-refractivity contribution in [2.45, 2.75) is 6.54 Å². The van der Waals surface area contributed by atoms with E-state index in [1.807, 2.05) is 71.6 Å². The molecule has 0 aliphatic carbocycles. The first kappa shape index (κ1) is 30.3. The molecule has 224 valence electrons. The van der Waals surface area contributed by atoms with Crippen LogP contribution in [0, 0.1) is 0 Å². The molecule has 0 atom stereocenters. The second-order valence-electron chi connectivity index (χ2n) is 11.3. The number of fused-ring (bicyclic) bond motifs is 1. The Morgan fingerprint density at radius 3 is 1.37 bits per heavy atom. The van der Waals surface area contributed by atoms with Gasteiger partial charge in [-0.2, -0.15) is 21.9 Å². The van der Waals surface area contributed by atoms with Crippen LogP contribution in [0.2, 0.25) is 0 Å². The third-order valence-electron chi connectivity index (χ3n) is 8.54. The molecule has 3 nitrogen and oxygen atoms in total. The van der Waals surface area contributed by atoms with E-state index >= 15 is 0 Å². The van der Waals surface area contributed by atoms with Gasteiger partial charge < -0.3 is 4.74 Å². The van der Waals surface area contributed by atoms with E-state index in [1.165, 1.54) is 21.9 Å². The maximum Gasteiger partial charge on any atom is 0.338 e. The summed E-state index contributed by atoms with van der Waals surface area (Å²) in [5, 5.41) is 2.17. The van der Waals surface area contributed by atoms with E-state index in [1.54, 1.807) is 6.07 Å². The Bertz CT molecular complexity index is 1800. The number of carbonyl (C=O) groups is 1. The lowest BCUT2D eigenvalue weighted by Gasteiger charge is -2.44.